The topological polar surface area (TPSA) is 59.4 Å². The number of thiazole rings is 1. The molecule has 0 radical (unpaired) electrons. The van der Waals surface area contributed by atoms with Crippen molar-refractivity contribution in [2.45, 2.75) is 6.61 Å². The SMILES string of the molecule is O=C(O)c1csc(COc2cccc(-c3ccccc3)c2)n1. The number of rotatable bonds is 5. The first-order valence-corrected chi connectivity index (χ1v) is 7.56. The van der Waals surface area contributed by atoms with Crippen molar-refractivity contribution in [1.29, 1.82) is 0 Å². The molecule has 0 amide bonds. The number of hydrogen-bond acceptors (Lipinski definition) is 4. The molecule has 0 atom stereocenters. The summed E-state index contributed by atoms with van der Waals surface area (Å²) in [4.78, 5) is 14.8. The highest BCUT2D eigenvalue weighted by molar-refractivity contribution is 7.09. The van der Waals surface area contributed by atoms with Gasteiger partial charge in [0, 0.05) is 5.38 Å². The number of carboxylic acids is 1. The van der Waals surface area contributed by atoms with Crippen LogP contribution >= 0.6 is 11.3 Å². The van der Waals surface area contributed by atoms with E-state index >= 15 is 0 Å². The summed E-state index contributed by atoms with van der Waals surface area (Å²) in [5.41, 5.74) is 2.25. The van der Waals surface area contributed by atoms with Crippen LogP contribution in [0, 0.1) is 0 Å². The van der Waals surface area contributed by atoms with Gasteiger partial charge in [-0.1, -0.05) is 42.5 Å². The Morgan fingerprint density at radius 3 is 2.59 bits per heavy atom. The van der Waals surface area contributed by atoms with Crippen molar-refractivity contribution >= 4 is 17.3 Å². The fourth-order valence-corrected chi connectivity index (χ4v) is 2.70. The van der Waals surface area contributed by atoms with Gasteiger partial charge in [0.15, 0.2) is 5.69 Å². The highest BCUT2D eigenvalue weighted by Gasteiger charge is 2.09. The predicted molar refractivity (Wildman–Crippen MR) is 85.3 cm³/mol. The van der Waals surface area contributed by atoms with Gasteiger partial charge in [0.1, 0.15) is 17.4 Å². The number of nitrogens with zero attached hydrogens (tertiary/aromatic N) is 1. The highest BCUT2D eigenvalue weighted by Crippen LogP contribution is 2.24. The molecule has 1 N–H and O–H groups in total. The van der Waals surface area contributed by atoms with Crippen LogP contribution in [0.3, 0.4) is 0 Å². The summed E-state index contributed by atoms with van der Waals surface area (Å²) in [6.07, 6.45) is 0. The van der Waals surface area contributed by atoms with Crippen LogP contribution in [0.5, 0.6) is 5.75 Å². The molecule has 0 aliphatic rings. The molecule has 0 fully saturated rings. The maximum Gasteiger partial charge on any atom is 0.355 e. The van der Waals surface area contributed by atoms with Gasteiger partial charge < -0.3 is 9.84 Å². The number of aromatic nitrogens is 1. The van der Waals surface area contributed by atoms with Crippen molar-refractivity contribution in [2.75, 3.05) is 0 Å². The lowest BCUT2D eigenvalue weighted by molar-refractivity contribution is 0.0691. The maximum atomic E-state index is 10.8. The molecule has 4 nitrogen and oxygen atoms in total. The molecule has 110 valence electrons. The van der Waals surface area contributed by atoms with Crippen LogP contribution in [0.4, 0.5) is 0 Å². The Morgan fingerprint density at radius 2 is 1.86 bits per heavy atom. The molecule has 1 heterocycles. The molecular formula is C17H13NO3S. The fourth-order valence-electron chi connectivity index (χ4n) is 2.02. The minimum absolute atomic E-state index is 0.0571. The van der Waals surface area contributed by atoms with Gasteiger partial charge in [-0.05, 0) is 23.3 Å². The minimum atomic E-state index is -1.02. The first kappa shape index (κ1) is 14.3. The van der Waals surface area contributed by atoms with Crippen molar-refractivity contribution < 1.29 is 14.6 Å². The molecule has 0 aliphatic carbocycles. The average Bonchev–Trinajstić information content (AvgIpc) is 3.03. The number of hydrogen-bond donors (Lipinski definition) is 1. The summed E-state index contributed by atoms with van der Waals surface area (Å²) in [7, 11) is 0. The molecule has 1 aromatic heterocycles. The molecule has 0 spiro atoms. The molecule has 22 heavy (non-hydrogen) atoms. The van der Waals surface area contributed by atoms with Gasteiger partial charge >= 0.3 is 5.97 Å². The number of benzene rings is 2. The van der Waals surface area contributed by atoms with Crippen LogP contribution in [-0.2, 0) is 6.61 Å². The lowest BCUT2D eigenvalue weighted by atomic mass is 10.1. The lowest BCUT2D eigenvalue weighted by Crippen LogP contribution is -1.99. The van der Waals surface area contributed by atoms with Crippen molar-refractivity contribution in [3.8, 4) is 16.9 Å². The number of carbonyl (C=O) groups is 1. The van der Waals surface area contributed by atoms with E-state index in [9.17, 15) is 4.79 Å². The van der Waals surface area contributed by atoms with E-state index in [-0.39, 0.29) is 12.3 Å². The second-order valence-corrected chi connectivity index (χ2v) is 5.56. The normalized spacial score (nSPS) is 10.4. The smallest absolute Gasteiger partial charge is 0.355 e. The molecule has 0 unspecified atom stereocenters. The van der Waals surface area contributed by atoms with Crippen LogP contribution in [0.25, 0.3) is 11.1 Å². The molecule has 3 rings (SSSR count). The second kappa shape index (κ2) is 6.41. The van der Waals surface area contributed by atoms with Crippen LogP contribution in [0.15, 0.2) is 60.0 Å². The first-order valence-electron chi connectivity index (χ1n) is 6.68. The number of ether oxygens (including phenoxy) is 1. The van der Waals surface area contributed by atoms with Gasteiger partial charge in [-0.2, -0.15) is 0 Å². The van der Waals surface area contributed by atoms with E-state index in [1.807, 2.05) is 54.6 Å². The van der Waals surface area contributed by atoms with Crippen LogP contribution in [0.1, 0.15) is 15.5 Å². The summed E-state index contributed by atoms with van der Waals surface area (Å²) < 4.78 is 5.70. The molecule has 3 aromatic rings. The Labute approximate surface area is 131 Å². The zero-order chi connectivity index (χ0) is 15.4. The van der Waals surface area contributed by atoms with Crippen molar-refractivity contribution in [3.63, 3.8) is 0 Å². The van der Waals surface area contributed by atoms with Gasteiger partial charge in [-0.25, -0.2) is 9.78 Å². The van der Waals surface area contributed by atoms with E-state index in [4.69, 9.17) is 9.84 Å². The fraction of sp³-hybridized carbons (Fsp3) is 0.0588. The van der Waals surface area contributed by atoms with E-state index in [2.05, 4.69) is 4.98 Å². The Morgan fingerprint density at radius 1 is 1.09 bits per heavy atom. The third-order valence-corrected chi connectivity index (χ3v) is 3.90. The van der Waals surface area contributed by atoms with Crippen LogP contribution in [-0.4, -0.2) is 16.1 Å². The Kier molecular flexibility index (Phi) is 4.16. The van der Waals surface area contributed by atoms with Crippen molar-refractivity contribution in [3.05, 3.63) is 70.7 Å². The summed E-state index contributed by atoms with van der Waals surface area (Å²) >= 11 is 1.28. The maximum absolute atomic E-state index is 10.8. The van der Waals surface area contributed by atoms with Crippen LogP contribution in [0.2, 0.25) is 0 Å². The van der Waals surface area contributed by atoms with Gasteiger partial charge in [-0.3, -0.25) is 0 Å². The predicted octanol–water partition coefficient (Wildman–Crippen LogP) is 4.09. The van der Waals surface area contributed by atoms with Gasteiger partial charge in [-0.15, -0.1) is 11.3 Å². The van der Waals surface area contributed by atoms with E-state index in [1.165, 1.54) is 16.7 Å². The lowest BCUT2D eigenvalue weighted by Gasteiger charge is -2.07. The standard InChI is InChI=1S/C17H13NO3S/c19-17(20)15-11-22-16(18-15)10-21-14-8-4-7-13(9-14)12-5-2-1-3-6-12/h1-9,11H,10H2,(H,19,20). The zero-order valence-electron chi connectivity index (χ0n) is 11.6. The summed E-state index contributed by atoms with van der Waals surface area (Å²) in [5, 5.41) is 11.0. The molecule has 2 aromatic carbocycles. The Balaban J connectivity index is 1.71. The molecule has 0 bridgehead atoms. The third-order valence-electron chi connectivity index (χ3n) is 3.07. The summed E-state index contributed by atoms with van der Waals surface area (Å²) in [6.45, 7) is 0.260. The molecule has 0 saturated carbocycles. The molecular weight excluding hydrogens is 298 g/mol. The van der Waals surface area contributed by atoms with E-state index in [0.717, 1.165) is 16.9 Å². The zero-order valence-corrected chi connectivity index (χ0v) is 12.4. The monoisotopic (exact) mass is 311 g/mol. The average molecular weight is 311 g/mol. The van der Waals surface area contributed by atoms with Crippen molar-refractivity contribution in [1.82, 2.24) is 4.98 Å². The van der Waals surface area contributed by atoms with E-state index in [0.29, 0.717) is 5.01 Å². The number of carboxylic acid groups (broad SMARTS) is 1. The van der Waals surface area contributed by atoms with Crippen molar-refractivity contribution in [2.24, 2.45) is 0 Å². The first-order chi connectivity index (χ1) is 10.7. The highest BCUT2D eigenvalue weighted by atomic mass is 32.1. The molecule has 0 saturated heterocycles. The quantitative estimate of drug-likeness (QED) is 0.771. The second-order valence-electron chi connectivity index (χ2n) is 4.61. The summed E-state index contributed by atoms with van der Waals surface area (Å²) in [6, 6.07) is 17.8. The molecule has 5 heteroatoms. The van der Waals surface area contributed by atoms with Gasteiger partial charge in [0.2, 0.25) is 0 Å². The van der Waals surface area contributed by atoms with E-state index < -0.39 is 5.97 Å². The van der Waals surface area contributed by atoms with Gasteiger partial charge in [0.05, 0.1) is 0 Å². The van der Waals surface area contributed by atoms with E-state index in [1.54, 1.807) is 0 Å². The van der Waals surface area contributed by atoms with Crippen LogP contribution < -0.4 is 4.74 Å². The number of aromatic carboxylic acids is 1. The third kappa shape index (κ3) is 3.32. The molecule has 0 aliphatic heterocycles. The minimum Gasteiger partial charge on any atom is -0.486 e. The Bertz CT molecular complexity index is 783. The Hall–Kier alpha value is -2.66. The largest absolute Gasteiger partial charge is 0.486 e. The summed E-state index contributed by atoms with van der Waals surface area (Å²) in [5.74, 6) is -0.290. The van der Waals surface area contributed by atoms with Gasteiger partial charge in [0.25, 0.3) is 0 Å².